The molecule has 8 nitrogen and oxygen atoms in total. The van der Waals surface area contributed by atoms with Gasteiger partial charge < -0.3 is 14.8 Å². The van der Waals surface area contributed by atoms with Crippen LogP contribution in [0.1, 0.15) is 64.8 Å². The molecule has 10 heteroatoms. The van der Waals surface area contributed by atoms with Crippen molar-refractivity contribution in [3.8, 4) is 0 Å². The molecular weight excluding hydrogens is 476 g/mol. The fraction of sp³-hybridized carbons (Fsp3) is 0.500. The molecule has 1 saturated heterocycles. The van der Waals surface area contributed by atoms with Gasteiger partial charge in [-0.1, -0.05) is 0 Å². The highest BCUT2D eigenvalue weighted by atomic mass is 32.2. The third-order valence-electron chi connectivity index (χ3n) is 6.02. The summed E-state index contributed by atoms with van der Waals surface area (Å²) in [7, 11) is -3.69. The number of carbonyl (C=O) groups is 2. The average Bonchev–Trinajstić information content (AvgIpc) is 3.16. The summed E-state index contributed by atoms with van der Waals surface area (Å²) in [6.45, 7) is 6.27. The normalized spacial score (nSPS) is 21.0. The zero-order chi connectivity index (χ0) is 24.5. The summed E-state index contributed by atoms with van der Waals surface area (Å²) in [4.78, 5) is 26.8. The summed E-state index contributed by atoms with van der Waals surface area (Å²) >= 11 is 1.42. The van der Waals surface area contributed by atoms with Crippen molar-refractivity contribution < 1.29 is 27.5 Å². The monoisotopic (exact) mass is 506 g/mol. The SMILES string of the molecule is CCOC(=O)c1c(NC(=O)c2ccc(S(=O)(=O)N3C[C@@H](C)O[C@H](C)C3)cc2)sc2c1CCCC2. The highest BCUT2D eigenvalue weighted by Crippen LogP contribution is 2.39. The van der Waals surface area contributed by atoms with Crippen LogP contribution in [0.25, 0.3) is 0 Å². The van der Waals surface area contributed by atoms with Gasteiger partial charge in [0, 0.05) is 23.5 Å². The minimum atomic E-state index is -3.69. The van der Waals surface area contributed by atoms with Gasteiger partial charge >= 0.3 is 5.97 Å². The highest BCUT2D eigenvalue weighted by molar-refractivity contribution is 7.89. The van der Waals surface area contributed by atoms with E-state index in [0.717, 1.165) is 36.1 Å². The first-order chi connectivity index (χ1) is 16.2. The van der Waals surface area contributed by atoms with Crippen LogP contribution in [-0.4, -0.2) is 56.5 Å². The Hall–Kier alpha value is -2.27. The molecule has 34 heavy (non-hydrogen) atoms. The number of fused-ring (bicyclic) bond motifs is 1. The lowest BCUT2D eigenvalue weighted by atomic mass is 9.95. The lowest BCUT2D eigenvalue weighted by Gasteiger charge is -2.34. The van der Waals surface area contributed by atoms with Gasteiger partial charge in [0.2, 0.25) is 10.0 Å². The fourth-order valence-electron chi connectivity index (χ4n) is 4.50. The van der Waals surface area contributed by atoms with Crippen LogP contribution in [0.5, 0.6) is 0 Å². The molecule has 0 unspecified atom stereocenters. The molecule has 2 heterocycles. The second-order valence-electron chi connectivity index (χ2n) is 8.69. The maximum Gasteiger partial charge on any atom is 0.341 e. The Morgan fingerprint density at radius 2 is 1.76 bits per heavy atom. The maximum atomic E-state index is 13.1. The summed E-state index contributed by atoms with van der Waals surface area (Å²) in [5, 5.41) is 3.35. The molecule has 0 radical (unpaired) electrons. The van der Waals surface area contributed by atoms with Crippen molar-refractivity contribution in [2.75, 3.05) is 25.0 Å². The fourth-order valence-corrected chi connectivity index (χ4v) is 7.37. The molecule has 2 atom stereocenters. The van der Waals surface area contributed by atoms with E-state index in [0.29, 0.717) is 16.1 Å². The van der Waals surface area contributed by atoms with Crippen LogP contribution in [-0.2, 0) is 32.3 Å². The van der Waals surface area contributed by atoms with Gasteiger partial charge in [0.15, 0.2) is 0 Å². The van der Waals surface area contributed by atoms with E-state index in [-0.39, 0.29) is 36.8 Å². The summed E-state index contributed by atoms with van der Waals surface area (Å²) in [5.74, 6) is -0.825. The number of hydrogen-bond acceptors (Lipinski definition) is 7. The Labute approximate surface area is 204 Å². The van der Waals surface area contributed by atoms with Gasteiger partial charge in [0.25, 0.3) is 5.91 Å². The number of benzene rings is 1. The smallest absolute Gasteiger partial charge is 0.341 e. The van der Waals surface area contributed by atoms with Gasteiger partial charge in [0.1, 0.15) is 5.00 Å². The number of thiophene rings is 1. The zero-order valence-corrected chi connectivity index (χ0v) is 21.3. The van der Waals surface area contributed by atoms with Gasteiger partial charge in [-0.2, -0.15) is 4.31 Å². The van der Waals surface area contributed by atoms with E-state index >= 15 is 0 Å². The molecule has 1 aliphatic carbocycles. The van der Waals surface area contributed by atoms with E-state index in [2.05, 4.69) is 5.32 Å². The molecule has 1 fully saturated rings. The van der Waals surface area contributed by atoms with Crippen LogP contribution in [0, 0.1) is 0 Å². The summed E-state index contributed by atoms with van der Waals surface area (Å²) in [6.07, 6.45) is 3.36. The number of sulfonamides is 1. The van der Waals surface area contributed by atoms with E-state index in [1.54, 1.807) is 6.92 Å². The number of hydrogen-bond donors (Lipinski definition) is 1. The van der Waals surface area contributed by atoms with Crippen LogP contribution >= 0.6 is 11.3 Å². The summed E-state index contributed by atoms with van der Waals surface area (Å²) < 4.78 is 38.4. The largest absolute Gasteiger partial charge is 0.462 e. The Bertz CT molecular complexity index is 1160. The van der Waals surface area contributed by atoms with Gasteiger partial charge in [0.05, 0.1) is 29.3 Å². The molecule has 1 N–H and O–H groups in total. The molecule has 4 rings (SSSR count). The van der Waals surface area contributed by atoms with Crippen molar-refractivity contribution in [3.63, 3.8) is 0 Å². The van der Waals surface area contributed by atoms with Gasteiger partial charge in [-0.3, -0.25) is 4.79 Å². The Morgan fingerprint density at radius 1 is 1.12 bits per heavy atom. The maximum absolute atomic E-state index is 13.1. The Morgan fingerprint density at radius 3 is 2.41 bits per heavy atom. The van der Waals surface area contributed by atoms with E-state index in [1.807, 2.05) is 13.8 Å². The molecule has 0 bridgehead atoms. The van der Waals surface area contributed by atoms with Crippen molar-refractivity contribution in [2.24, 2.45) is 0 Å². The number of amides is 1. The molecule has 1 aromatic heterocycles. The molecule has 0 spiro atoms. The van der Waals surface area contributed by atoms with Gasteiger partial charge in [-0.25, -0.2) is 13.2 Å². The van der Waals surface area contributed by atoms with E-state index in [4.69, 9.17) is 9.47 Å². The van der Waals surface area contributed by atoms with E-state index in [1.165, 1.54) is 39.9 Å². The average molecular weight is 507 g/mol. The number of aryl methyl sites for hydroxylation is 1. The standard InChI is InChI=1S/C24H30N2O6S2/c1-4-31-24(28)21-19-7-5-6-8-20(19)33-23(21)25-22(27)17-9-11-18(12-10-17)34(29,30)26-13-15(2)32-16(3)14-26/h9-12,15-16H,4-8,13-14H2,1-3H3,(H,25,27)/t15-,16-/m1/s1. The number of ether oxygens (including phenoxy) is 2. The minimum Gasteiger partial charge on any atom is -0.462 e. The Balaban J connectivity index is 1.54. The van der Waals surface area contributed by atoms with E-state index < -0.39 is 21.9 Å². The van der Waals surface area contributed by atoms with Crippen molar-refractivity contribution in [1.82, 2.24) is 4.31 Å². The van der Waals surface area contributed by atoms with Crippen molar-refractivity contribution in [3.05, 3.63) is 45.8 Å². The number of carbonyl (C=O) groups excluding carboxylic acids is 2. The predicted molar refractivity (Wildman–Crippen MR) is 130 cm³/mol. The molecule has 2 aliphatic rings. The van der Waals surface area contributed by atoms with Crippen LogP contribution in [0.2, 0.25) is 0 Å². The molecule has 1 amide bonds. The van der Waals surface area contributed by atoms with Gasteiger partial charge in [-0.05, 0) is 76.3 Å². The summed E-state index contributed by atoms with van der Waals surface area (Å²) in [5.41, 5.74) is 1.73. The third-order valence-corrected chi connectivity index (χ3v) is 9.07. The van der Waals surface area contributed by atoms with E-state index in [9.17, 15) is 18.0 Å². The first-order valence-corrected chi connectivity index (χ1v) is 13.8. The molecule has 2 aromatic rings. The molecule has 1 aromatic carbocycles. The first kappa shape index (κ1) is 24.8. The van der Waals surface area contributed by atoms with Crippen molar-refractivity contribution in [1.29, 1.82) is 0 Å². The van der Waals surface area contributed by atoms with Gasteiger partial charge in [-0.15, -0.1) is 11.3 Å². The topological polar surface area (TPSA) is 102 Å². The number of nitrogens with zero attached hydrogens (tertiary/aromatic N) is 1. The van der Waals surface area contributed by atoms with Crippen LogP contribution in [0.4, 0.5) is 5.00 Å². The number of anilines is 1. The number of rotatable bonds is 6. The molecule has 1 aliphatic heterocycles. The highest BCUT2D eigenvalue weighted by Gasteiger charge is 2.32. The second kappa shape index (κ2) is 10.2. The van der Waals surface area contributed by atoms with Crippen molar-refractivity contribution >= 4 is 38.2 Å². The minimum absolute atomic E-state index is 0.129. The molecule has 0 saturated carbocycles. The lowest BCUT2D eigenvalue weighted by Crippen LogP contribution is -2.48. The number of morpholine rings is 1. The van der Waals surface area contributed by atoms with Crippen LogP contribution in [0.3, 0.4) is 0 Å². The zero-order valence-electron chi connectivity index (χ0n) is 19.6. The third kappa shape index (κ3) is 5.05. The van der Waals surface area contributed by atoms with Crippen LogP contribution < -0.4 is 5.32 Å². The van der Waals surface area contributed by atoms with Crippen LogP contribution in [0.15, 0.2) is 29.2 Å². The molecular formula is C24H30N2O6S2. The second-order valence-corrected chi connectivity index (χ2v) is 11.7. The number of nitrogens with one attached hydrogen (secondary N) is 1. The first-order valence-electron chi connectivity index (χ1n) is 11.6. The van der Waals surface area contributed by atoms with Crippen molar-refractivity contribution in [2.45, 2.75) is 63.6 Å². The summed E-state index contributed by atoms with van der Waals surface area (Å²) in [6, 6.07) is 5.88. The quantitative estimate of drug-likeness (QED) is 0.597. The number of esters is 1. The Kier molecular flexibility index (Phi) is 7.42. The lowest BCUT2D eigenvalue weighted by molar-refractivity contribution is -0.0440. The predicted octanol–water partition coefficient (Wildman–Crippen LogP) is 3.85. The molecule has 184 valence electrons.